The van der Waals surface area contributed by atoms with Crippen LogP contribution in [0.15, 0.2) is 23.0 Å². The predicted molar refractivity (Wildman–Crippen MR) is 71.8 cm³/mol. The Balaban J connectivity index is 2.23. The smallest absolute Gasteiger partial charge is 0.220 e. The van der Waals surface area contributed by atoms with Gasteiger partial charge in [0.1, 0.15) is 0 Å². The molecule has 0 radical (unpaired) electrons. The van der Waals surface area contributed by atoms with Gasteiger partial charge in [-0.1, -0.05) is 13.8 Å². The van der Waals surface area contributed by atoms with Crippen molar-refractivity contribution >= 4 is 5.91 Å². The number of amides is 1. The lowest BCUT2D eigenvalue weighted by Crippen LogP contribution is -2.24. The summed E-state index contributed by atoms with van der Waals surface area (Å²) in [5, 5.41) is 2.89. The molecule has 18 heavy (non-hydrogen) atoms. The molecule has 0 bridgehead atoms. The fourth-order valence-corrected chi connectivity index (χ4v) is 2.02. The molecule has 4 nitrogen and oxygen atoms in total. The molecule has 0 fully saturated rings. The zero-order valence-corrected chi connectivity index (χ0v) is 11.3. The molecule has 1 atom stereocenters. The fourth-order valence-electron chi connectivity index (χ4n) is 2.02. The number of hydrogen-bond donors (Lipinski definition) is 2. The summed E-state index contributed by atoms with van der Waals surface area (Å²) in [7, 11) is 0. The quantitative estimate of drug-likeness (QED) is 0.746. The number of nitrogens with one attached hydrogen (secondary N) is 1. The lowest BCUT2D eigenvalue weighted by atomic mass is 9.88. The van der Waals surface area contributed by atoms with Crippen LogP contribution in [-0.2, 0) is 11.3 Å². The first-order chi connectivity index (χ1) is 8.63. The Hall–Kier alpha value is -1.29. The van der Waals surface area contributed by atoms with Gasteiger partial charge in [0.15, 0.2) is 0 Å². The molecule has 1 unspecified atom stereocenters. The SMILES string of the molecule is CC(C)C(CCN)CCC(=O)NCc1ccoc1. The molecule has 1 rings (SSSR count). The minimum absolute atomic E-state index is 0.0962. The van der Waals surface area contributed by atoms with E-state index in [1.807, 2.05) is 6.07 Å². The van der Waals surface area contributed by atoms with E-state index in [4.69, 9.17) is 10.2 Å². The molecule has 0 aromatic carbocycles. The van der Waals surface area contributed by atoms with E-state index in [1.165, 1.54) is 0 Å². The summed E-state index contributed by atoms with van der Waals surface area (Å²) in [5.41, 5.74) is 6.58. The normalized spacial score (nSPS) is 12.7. The topological polar surface area (TPSA) is 68.3 Å². The van der Waals surface area contributed by atoms with Crippen LogP contribution in [0.4, 0.5) is 0 Å². The number of nitrogens with two attached hydrogens (primary N) is 1. The van der Waals surface area contributed by atoms with E-state index >= 15 is 0 Å². The third kappa shape index (κ3) is 5.36. The monoisotopic (exact) mass is 252 g/mol. The first kappa shape index (κ1) is 14.8. The highest BCUT2D eigenvalue weighted by Gasteiger charge is 2.14. The zero-order chi connectivity index (χ0) is 13.4. The van der Waals surface area contributed by atoms with E-state index in [0.717, 1.165) is 18.4 Å². The van der Waals surface area contributed by atoms with Crippen LogP contribution in [0.5, 0.6) is 0 Å². The van der Waals surface area contributed by atoms with Crippen LogP contribution in [0.25, 0.3) is 0 Å². The van der Waals surface area contributed by atoms with Gasteiger partial charge in [0.2, 0.25) is 5.91 Å². The molecular weight excluding hydrogens is 228 g/mol. The van der Waals surface area contributed by atoms with Gasteiger partial charge < -0.3 is 15.5 Å². The number of carbonyl (C=O) groups is 1. The molecule has 0 saturated carbocycles. The summed E-state index contributed by atoms with van der Waals surface area (Å²) < 4.78 is 4.94. The van der Waals surface area contributed by atoms with Crippen LogP contribution in [0.1, 0.15) is 38.7 Å². The second kappa shape index (κ2) is 7.93. The molecule has 1 aromatic rings. The fraction of sp³-hybridized carbons (Fsp3) is 0.643. The van der Waals surface area contributed by atoms with Crippen molar-refractivity contribution in [3.05, 3.63) is 24.2 Å². The van der Waals surface area contributed by atoms with Gasteiger partial charge in [0, 0.05) is 18.5 Å². The minimum Gasteiger partial charge on any atom is -0.472 e. The predicted octanol–water partition coefficient (Wildman–Crippen LogP) is 2.30. The van der Waals surface area contributed by atoms with Gasteiger partial charge in [-0.25, -0.2) is 0 Å². The van der Waals surface area contributed by atoms with E-state index in [1.54, 1.807) is 12.5 Å². The Bertz CT molecular complexity index is 334. The summed E-state index contributed by atoms with van der Waals surface area (Å²) >= 11 is 0. The second-order valence-corrected chi connectivity index (χ2v) is 5.03. The molecular formula is C14H24N2O2. The molecule has 102 valence electrons. The third-order valence-electron chi connectivity index (χ3n) is 3.29. The van der Waals surface area contributed by atoms with Crippen molar-refractivity contribution in [2.75, 3.05) is 6.54 Å². The van der Waals surface area contributed by atoms with Crippen LogP contribution < -0.4 is 11.1 Å². The summed E-state index contributed by atoms with van der Waals surface area (Å²) in [6.07, 6.45) is 5.72. The maximum Gasteiger partial charge on any atom is 0.220 e. The van der Waals surface area contributed by atoms with Crippen molar-refractivity contribution in [3.8, 4) is 0 Å². The first-order valence-corrected chi connectivity index (χ1v) is 6.61. The Morgan fingerprint density at radius 3 is 2.78 bits per heavy atom. The Morgan fingerprint density at radius 2 is 2.22 bits per heavy atom. The van der Waals surface area contributed by atoms with Gasteiger partial charge in [0.05, 0.1) is 12.5 Å². The van der Waals surface area contributed by atoms with Crippen LogP contribution in [0.2, 0.25) is 0 Å². The lowest BCUT2D eigenvalue weighted by molar-refractivity contribution is -0.121. The van der Waals surface area contributed by atoms with Gasteiger partial charge in [0.25, 0.3) is 0 Å². The van der Waals surface area contributed by atoms with E-state index in [-0.39, 0.29) is 5.91 Å². The average molecular weight is 252 g/mol. The largest absolute Gasteiger partial charge is 0.472 e. The van der Waals surface area contributed by atoms with Crippen molar-refractivity contribution in [2.45, 2.75) is 39.7 Å². The van der Waals surface area contributed by atoms with Crippen LogP contribution in [0, 0.1) is 11.8 Å². The highest BCUT2D eigenvalue weighted by atomic mass is 16.3. The first-order valence-electron chi connectivity index (χ1n) is 6.61. The molecule has 0 aliphatic rings. The number of rotatable bonds is 8. The zero-order valence-electron chi connectivity index (χ0n) is 11.3. The Morgan fingerprint density at radius 1 is 1.44 bits per heavy atom. The summed E-state index contributed by atoms with van der Waals surface area (Å²) in [5.74, 6) is 1.21. The van der Waals surface area contributed by atoms with E-state index < -0.39 is 0 Å². The Kier molecular flexibility index (Phi) is 6.50. The minimum atomic E-state index is 0.0962. The molecule has 0 aliphatic carbocycles. The highest BCUT2D eigenvalue weighted by Crippen LogP contribution is 2.20. The van der Waals surface area contributed by atoms with Gasteiger partial charge >= 0.3 is 0 Å². The van der Waals surface area contributed by atoms with Crippen LogP contribution >= 0.6 is 0 Å². The average Bonchev–Trinajstić information content (AvgIpc) is 2.84. The number of furan rings is 1. The van der Waals surface area contributed by atoms with Gasteiger partial charge in [-0.05, 0) is 37.3 Å². The molecule has 1 heterocycles. The van der Waals surface area contributed by atoms with Crippen molar-refractivity contribution in [1.29, 1.82) is 0 Å². The summed E-state index contributed by atoms with van der Waals surface area (Å²) in [6, 6.07) is 1.85. The standard InChI is InChI=1S/C14H24N2O2/c1-11(2)13(5-7-15)3-4-14(17)16-9-12-6-8-18-10-12/h6,8,10-11,13H,3-5,7,9,15H2,1-2H3,(H,16,17). The molecule has 3 N–H and O–H groups in total. The molecule has 4 heteroatoms. The van der Waals surface area contributed by atoms with Crippen LogP contribution in [0.3, 0.4) is 0 Å². The van der Waals surface area contributed by atoms with Gasteiger partial charge in [-0.3, -0.25) is 4.79 Å². The summed E-state index contributed by atoms with van der Waals surface area (Å²) in [4.78, 5) is 11.7. The van der Waals surface area contributed by atoms with E-state index in [9.17, 15) is 4.79 Å². The van der Waals surface area contributed by atoms with Crippen molar-refractivity contribution in [2.24, 2.45) is 17.6 Å². The van der Waals surface area contributed by atoms with Gasteiger partial charge in [-0.2, -0.15) is 0 Å². The van der Waals surface area contributed by atoms with Crippen LogP contribution in [-0.4, -0.2) is 12.5 Å². The molecule has 1 amide bonds. The van der Waals surface area contributed by atoms with Crippen molar-refractivity contribution in [1.82, 2.24) is 5.32 Å². The maximum atomic E-state index is 11.7. The molecule has 1 aromatic heterocycles. The highest BCUT2D eigenvalue weighted by molar-refractivity contribution is 5.75. The van der Waals surface area contributed by atoms with Gasteiger partial charge in [-0.15, -0.1) is 0 Å². The van der Waals surface area contributed by atoms with E-state index in [2.05, 4.69) is 19.2 Å². The third-order valence-corrected chi connectivity index (χ3v) is 3.29. The maximum absolute atomic E-state index is 11.7. The number of carbonyl (C=O) groups excluding carboxylic acids is 1. The number of hydrogen-bond acceptors (Lipinski definition) is 3. The lowest BCUT2D eigenvalue weighted by Gasteiger charge is -2.19. The molecule has 0 saturated heterocycles. The Labute approximate surface area is 109 Å². The van der Waals surface area contributed by atoms with Crippen molar-refractivity contribution < 1.29 is 9.21 Å². The second-order valence-electron chi connectivity index (χ2n) is 5.03. The summed E-state index contributed by atoms with van der Waals surface area (Å²) in [6.45, 7) is 5.60. The molecule has 0 aliphatic heterocycles. The van der Waals surface area contributed by atoms with E-state index in [0.29, 0.717) is 31.3 Å². The van der Waals surface area contributed by atoms with Crippen molar-refractivity contribution in [3.63, 3.8) is 0 Å². The molecule has 0 spiro atoms.